The minimum absolute atomic E-state index is 0.185. The van der Waals surface area contributed by atoms with Gasteiger partial charge in [0.1, 0.15) is 10.2 Å². The number of pyridine rings is 1. The second-order valence-corrected chi connectivity index (χ2v) is 4.41. The van der Waals surface area contributed by atoms with Crippen LogP contribution >= 0.6 is 15.9 Å². The van der Waals surface area contributed by atoms with Crippen molar-refractivity contribution in [2.24, 2.45) is 0 Å². The van der Waals surface area contributed by atoms with E-state index in [-0.39, 0.29) is 10.4 Å². The molecule has 76 valence electrons. The number of rotatable bonds is 1. The van der Waals surface area contributed by atoms with E-state index in [0.29, 0.717) is 25.0 Å². The smallest absolute Gasteiger partial charge is 0.156 e. The van der Waals surface area contributed by atoms with Crippen LogP contribution in [0, 0.1) is 5.82 Å². The molecule has 0 aromatic carbocycles. The molecule has 1 aliphatic rings. The summed E-state index contributed by atoms with van der Waals surface area (Å²) in [5, 5.41) is 10.2. The van der Waals surface area contributed by atoms with E-state index >= 15 is 0 Å². The molecule has 4 heteroatoms. The van der Waals surface area contributed by atoms with Crippen LogP contribution in [0.15, 0.2) is 10.7 Å². The normalized spacial score (nSPS) is 25.1. The Morgan fingerprint density at radius 2 is 2.43 bits per heavy atom. The molecule has 0 fully saturated rings. The van der Waals surface area contributed by atoms with Gasteiger partial charge in [0.05, 0.1) is 5.69 Å². The second kappa shape index (κ2) is 3.28. The number of aryl methyl sites for hydroxylation is 1. The quantitative estimate of drug-likeness (QED) is 0.787. The first-order valence-electron chi connectivity index (χ1n) is 4.64. The molecule has 1 aliphatic carbocycles. The van der Waals surface area contributed by atoms with E-state index in [1.165, 1.54) is 6.07 Å². The van der Waals surface area contributed by atoms with Crippen LogP contribution < -0.4 is 0 Å². The van der Waals surface area contributed by atoms with Gasteiger partial charge < -0.3 is 5.11 Å². The van der Waals surface area contributed by atoms with Crippen LogP contribution in [0.5, 0.6) is 0 Å². The molecule has 14 heavy (non-hydrogen) atoms. The van der Waals surface area contributed by atoms with Crippen LogP contribution in [-0.4, -0.2) is 10.1 Å². The maximum Gasteiger partial charge on any atom is 0.156 e. The molecule has 1 atom stereocenters. The van der Waals surface area contributed by atoms with E-state index in [9.17, 15) is 9.50 Å². The summed E-state index contributed by atoms with van der Waals surface area (Å²) in [6.45, 7) is 1.91. The third-order valence-electron chi connectivity index (χ3n) is 2.85. The zero-order valence-electron chi connectivity index (χ0n) is 7.85. The number of nitrogens with zero attached hydrogens (tertiary/aromatic N) is 1. The van der Waals surface area contributed by atoms with Crippen molar-refractivity contribution in [3.63, 3.8) is 0 Å². The fourth-order valence-corrected chi connectivity index (χ4v) is 2.19. The van der Waals surface area contributed by atoms with Gasteiger partial charge in [0.2, 0.25) is 0 Å². The van der Waals surface area contributed by atoms with Crippen LogP contribution in [0.25, 0.3) is 0 Å². The van der Waals surface area contributed by atoms with E-state index in [1.807, 2.05) is 6.92 Å². The van der Waals surface area contributed by atoms with Crippen molar-refractivity contribution in [3.05, 3.63) is 27.7 Å². The van der Waals surface area contributed by atoms with Crippen LogP contribution in [0.2, 0.25) is 0 Å². The van der Waals surface area contributed by atoms with Gasteiger partial charge in [-0.15, -0.1) is 0 Å². The van der Waals surface area contributed by atoms with Crippen molar-refractivity contribution in [1.82, 2.24) is 4.98 Å². The predicted molar refractivity (Wildman–Crippen MR) is 54.4 cm³/mol. The number of hydrogen-bond acceptors (Lipinski definition) is 2. The van der Waals surface area contributed by atoms with E-state index in [0.717, 1.165) is 5.56 Å². The highest BCUT2D eigenvalue weighted by molar-refractivity contribution is 9.10. The molecule has 1 aromatic rings. The topological polar surface area (TPSA) is 33.1 Å². The maximum atomic E-state index is 13.1. The molecule has 0 amide bonds. The van der Waals surface area contributed by atoms with Gasteiger partial charge in [-0.25, -0.2) is 9.37 Å². The molecule has 1 N–H and O–H groups in total. The van der Waals surface area contributed by atoms with Crippen LogP contribution in [0.4, 0.5) is 4.39 Å². The zero-order chi connectivity index (χ0) is 10.3. The molecule has 2 rings (SSSR count). The Kier molecular flexibility index (Phi) is 2.35. The summed E-state index contributed by atoms with van der Waals surface area (Å²) in [5.41, 5.74) is 0.606. The first-order valence-corrected chi connectivity index (χ1v) is 5.44. The maximum absolute atomic E-state index is 13.1. The Hall–Kier alpha value is -0.480. The van der Waals surface area contributed by atoms with Gasteiger partial charge in [-0.05, 0) is 46.8 Å². The third kappa shape index (κ3) is 1.37. The molecule has 1 aromatic heterocycles. The Morgan fingerprint density at radius 1 is 1.71 bits per heavy atom. The van der Waals surface area contributed by atoms with Gasteiger partial charge in [-0.2, -0.15) is 0 Å². The highest BCUT2D eigenvalue weighted by Crippen LogP contribution is 2.39. The number of aromatic nitrogens is 1. The minimum Gasteiger partial charge on any atom is -0.384 e. The van der Waals surface area contributed by atoms with E-state index in [4.69, 9.17) is 0 Å². The largest absolute Gasteiger partial charge is 0.384 e. The summed E-state index contributed by atoms with van der Waals surface area (Å²) in [5.74, 6) is -0.357. The van der Waals surface area contributed by atoms with Crippen molar-refractivity contribution in [2.75, 3.05) is 0 Å². The average molecular weight is 260 g/mol. The summed E-state index contributed by atoms with van der Waals surface area (Å²) in [6, 6.07) is 1.46. The van der Waals surface area contributed by atoms with Crippen molar-refractivity contribution in [2.45, 2.75) is 31.8 Å². The first kappa shape index (κ1) is 10.1. The Balaban J connectivity index is 2.56. The van der Waals surface area contributed by atoms with Gasteiger partial charge in [-0.1, -0.05) is 6.92 Å². The lowest BCUT2D eigenvalue weighted by Crippen LogP contribution is -2.22. The van der Waals surface area contributed by atoms with Gasteiger partial charge >= 0.3 is 0 Å². The van der Waals surface area contributed by atoms with E-state index in [2.05, 4.69) is 20.9 Å². The van der Waals surface area contributed by atoms with Crippen molar-refractivity contribution in [3.8, 4) is 0 Å². The van der Waals surface area contributed by atoms with Crippen molar-refractivity contribution in [1.29, 1.82) is 0 Å². The molecular formula is C10H11BrFNO. The molecule has 1 unspecified atom stereocenters. The van der Waals surface area contributed by atoms with Gasteiger partial charge in [0.15, 0.2) is 5.82 Å². The van der Waals surface area contributed by atoms with Gasteiger partial charge in [-0.3, -0.25) is 0 Å². The van der Waals surface area contributed by atoms with Crippen LogP contribution in [-0.2, 0) is 12.0 Å². The summed E-state index contributed by atoms with van der Waals surface area (Å²) in [7, 11) is 0. The lowest BCUT2D eigenvalue weighted by atomic mass is 9.98. The molecular weight excluding hydrogens is 249 g/mol. The molecule has 0 bridgehead atoms. The standard InChI is InChI=1S/C10H11BrFNO/c1-2-10(14)4-3-6-5-7(12)9(11)13-8(6)10/h5,14H,2-4H2,1H3. The van der Waals surface area contributed by atoms with E-state index in [1.54, 1.807) is 0 Å². The summed E-state index contributed by atoms with van der Waals surface area (Å²) in [4.78, 5) is 4.07. The van der Waals surface area contributed by atoms with Crippen LogP contribution in [0.1, 0.15) is 31.0 Å². The van der Waals surface area contributed by atoms with E-state index < -0.39 is 5.60 Å². The minimum atomic E-state index is -0.856. The lowest BCUT2D eigenvalue weighted by molar-refractivity contribution is 0.0304. The zero-order valence-corrected chi connectivity index (χ0v) is 9.44. The fraction of sp³-hybridized carbons (Fsp3) is 0.500. The number of halogens is 2. The fourth-order valence-electron chi connectivity index (χ4n) is 1.90. The second-order valence-electron chi connectivity index (χ2n) is 3.65. The number of hydrogen-bond donors (Lipinski definition) is 1. The first-order chi connectivity index (χ1) is 6.57. The van der Waals surface area contributed by atoms with Crippen molar-refractivity contribution < 1.29 is 9.50 Å². The molecule has 0 saturated carbocycles. The third-order valence-corrected chi connectivity index (χ3v) is 3.40. The molecule has 0 aliphatic heterocycles. The SMILES string of the molecule is CCC1(O)CCc2cc(F)c(Br)nc21. The summed E-state index contributed by atoms with van der Waals surface area (Å²) in [6.07, 6.45) is 1.96. The van der Waals surface area contributed by atoms with Crippen LogP contribution in [0.3, 0.4) is 0 Å². The Morgan fingerprint density at radius 3 is 3.07 bits per heavy atom. The predicted octanol–water partition coefficient (Wildman–Crippen LogP) is 2.53. The molecule has 0 spiro atoms. The monoisotopic (exact) mass is 259 g/mol. The number of aliphatic hydroxyl groups is 1. The highest BCUT2D eigenvalue weighted by atomic mass is 79.9. The number of fused-ring (bicyclic) bond motifs is 1. The molecule has 0 saturated heterocycles. The summed E-state index contributed by atoms with van der Waals surface area (Å²) < 4.78 is 13.3. The summed E-state index contributed by atoms with van der Waals surface area (Å²) >= 11 is 3.03. The average Bonchev–Trinajstić information content (AvgIpc) is 2.47. The molecule has 2 nitrogen and oxygen atoms in total. The molecule has 1 heterocycles. The Labute approximate surface area is 90.3 Å². The van der Waals surface area contributed by atoms with Crippen molar-refractivity contribution >= 4 is 15.9 Å². The Bertz CT molecular complexity index is 383. The van der Waals surface area contributed by atoms with Gasteiger partial charge in [0, 0.05) is 0 Å². The van der Waals surface area contributed by atoms with Gasteiger partial charge in [0.25, 0.3) is 0 Å². The molecule has 0 radical (unpaired) electrons. The lowest BCUT2D eigenvalue weighted by Gasteiger charge is -2.20. The highest BCUT2D eigenvalue weighted by Gasteiger charge is 2.37.